The summed E-state index contributed by atoms with van der Waals surface area (Å²) in [7, 11) is 0. The number of anilines is 1. The summed E-state index contributed by atoms with van der Waals surface area (Å²) in [5, 5.41) is 13.2. The molecule has 2 aromatic heterocycles. The van der Waals surface area contributed by atoms with Crippen molar-refractivity contribution in [2.45, 2.75) is 39.9 Å². The van der Waals surface area contributed by atoms with E-state index in [2.05, 4.69) is 20.1 Å². The van der Waals surface area contributed by atoms with E-state index in [1.54, 1.807) is 11.8 Å². The van der Waals surface area contributed by atoms with Gasteiger partial charge in [0.1, 0.15) is 18.0 Å². The SMILES string of the molecule is Cc1nc(CO)nn1-c1nc(N2CCN(C(=O)OC(C)(C)C)CC2)ncc1F. The van der Waals surface area contributed by atoms with Crippen LogP contribution in [0.4, 0.5) is 15.1 Å². The molecule has 152 valence electrons. The Morgan fingerprint density at radius 3 is 2.50 bits per heavy atom. The minimum Gasteiger partial charge on any atom is -0.444 e. The average Bonchev–Trinajstić information content (AvgIpc) is 3.01. The lowest BCUT2D eigenvalue weighted by Gasteiger charge is -2.35. The van der Waals surface area contributed by atoms with E-state index in [0.717, 1.165) is 6.20 Å². The molecule has 1 N–H and O–H groups in total. The minimum absolute atomic E-state index is 0.0377. The largest absolute Gasteiger partial charge is 0.444 e. The molecule has 0 aromatic carbocycles. The van der Waals surface area contributed by atoms with Crippen molar-refractivity contribution in [3.05, 3.63) is 23.7 Å². The van der Waals surface area contributed by atoms with Crippen LogP contribution >= 0.6 is 0 Å². The van der Waals surface area contributed by atoms with Crippen LogP contribution in [0.15, 0.2) is 6.20 Å². The third-order valence-electron chi connectivity index (χ3n) is 4.08. The fraction of sp³-hybridized carbons (Fsp3) is 0.588. The number of aromatic nitrogens is 5. The van der Waals surface area contributed by atoms with Gasteiger partial charge in [-0.05, 0) is 27.7 Å². The molecule has 3 rings (SSSR count). The molecule has 1 aliphatic heterocycles. The normalized spacial score (nSPS) is 15.1. The van der Waals surface area contributed by atoms with Crippen LogP contribution in [0.25, 0.3) is 5.82 Å². The highest BCUT2D eigenvalue weighted by Gasteiger charge is 2.27. The molecule has 0 saturated carbocycles. The number of aliphatic hydroxyl groups is 1. The van der Waals surface area contributed by atoms with E-state index in [0.29, 0.717) is 38.0 Å². The average molecular weight is 393 g/mol. The lowest BCUT2D eigenvalue weighted by molar-refractivity contribution is 0.0240. The van der Waals surface area contributed by atoms with Gasteiger partial charge >= 0.3 is 6.09 Å². The Morgan fingerprint density at radius 1 is 1.25 bits per heavy atom. The summed E-state index contributed by atoms with van der Waals surface area (Å²) in [5.41, 5.74) is -0.549. The van der Waals surface area contributed by atoms with Crippen LogP contribution in [-0.2, 0) is 11.3 Å². The maximum atomic E-state index is 14.3. The molecule has 3 heterocycles. The highest BCUT2D eigenvalue weighted by molar-refractivity contribution is 5.68. The maximum Gasteiger partial charge on any atom is 0.410 e. The predicted octanol–water partition coefficient (Wildman–Crippen LogP) is 1.05. The van der Waals surface area contributed by atoms with Gasteiger partial charge in [-0.3, -0.25) is 0 Å². The zero-order chi connectivity index (χ0) is 20.5. The smallest absolute Gasteiger partial charge is 0.410 e. The Hall–Kier alpha value is -2.82. The van der Waals surface area contributed by atoms with Gasteiger partial charge in [-0.25, -0.2) is 19.2 Å². The maximum absolute atomic E-state index is 14.3. The Balaban J connectivity index is 1.74. The first-order valence-electron chi connectivity index (χ1n) is 8.97. The molecular formula is C17H24FN7O3. The fourth-order valence-corrected chi connectivity index (χ4v) is 2.78. The molecule has 2 aromatic rings. The van der Waals surface area contributed by atoms with E-state index in [1.165, 1.54) is 4.68 Å². The van der Waals surface area contributed by atoms with Crippen molar-refractivity contribution in [1.29, 1.82) is 0 Å². The lowest BCUT2D eigenvalue weighted by atomic mass is 10.2. The number of halogens is 1. The number of aliphatic hydroxyl groups excluding tert-OH is 1. The van der Waals surface area contributed by atoms with Crippen molar-refractivity contribution < 1.29 is 19.0 Å². The first-order chi connectivity index (χ1) is 13.2. The number of piperazine rings is 1. The summed E-state index contributed by atoms with van der Waals surface area (Å²) in [6.07, 6.45) is 0.722. The van der Waals surface area contributed by atoms with Gasteiger partial charge in [-0.2, -0.15) is 9.67 Å². The molecule has 0 atom stereocenters. The highest BCUT2D eigenvalue weighted by atomic mass is 19.1. The molecule has 0 unspecified atom stereocenters. The molecule has 0 radical (unpaired) electrons. The topological polar surface area (TPSA) is 110 Å². The molecule has 1 amide bonds. The van der Waals surface area contributed by atoms with Crippen LogP contribution in [0.2, 0.25) is 0 Å². The lowest BCUT2D eigenvalue weighted by Crippen LogP contribution is -2.50. The van der Waals surface area contributed by atoms with Gasteiger partial charge < -0.3 is 19.6 Å². The highest BCUT2D eigenvalue weighted by Crippen LogP contribution is 2.18. The molecule has 0 aliphatic carbocycles. The molecule has 1 fully saturated rings. The standard InChI is InChI=1S/C17H24FN7O3/c1-11-20-13(10-26)22-25(11)14-12(18)9-19-15(21-14)23-5-7-24(8-6-23)16(27)28-17(2,3)4/h9,26H,5-8,10H2,1-4H3. The van der Waals surface area contributed by atoms with Crippen molar-refractivity contribution in [3.8, 4) is 5.82 Å². The molecule has 1 saturated heterocycles. The number of hydrogen-bond donors (Lipinski definition) is 1. The summed E-state index contributed by atoms with van der Waals surface area (Å²) < 4.78 is 20.9. The summed E-state index contributed by atoms with van der Waals surface area (Å²) in [4.78, 5) is 28.1. The zero-order valence-electron chi connectivity index (χ0n) is 16.4. The number of carbonyl (C=O) groups excluding carboxylic acids is 1. The number of aryl methyl sites for hydroxylation is 1. The van der Waals surface area contributed by atoms with E-state index >= 15 is 0 Å². The number of nitrogens with zero attached hydrogens (tertiary/aromatic N) is 7. The van der Waals surface area contributed by atoms with Crippen molar-refractivity contribution in [2.75, 3.05) is 31.1 Å². The summed E-state index contributed by atoms with van der Waals surface area (Å²) in [6, 6.07) is 0. The number of rotatable bonds is 3. The first-order valence-corrected chi connectivity index (χ1v) is 8.97. The van der Waals surface area contributed by atoms with E-state index in [1.807, 2.05) is 25.7 Å². The van der Waals surface area contributed by atoms with Gasteiger partial charge in [0, 0.05) is 26.2 Å². The van der Waals surface area contributed by atoms with Crippen LogP contribution in [0.1, 0.15) is 32.4 Å². The second kappa shape index (κ2) is 7.66. The van der Waals surface area contributed by atoms with Gasteiger partial charge in [0.15, 0.2) is 17.5 Å². The summed E-state index contributed by atoms with van der Waals surface area (Å²) in [6.45, 7) is 8.64. The van der Waals surface area contributed by atoms with Crippen LogP contribution in [0, 0.1) is 12.7 Å². The Kier molecular flexibility index (Phi) is 5.45. The number of amides is 1. The van der Waals surface area contributed by atoms with Crippen LogP contribution < -0.4 is 4.90 Å². The second-order valence-electron chi connectivity index (χ2n) is 7.44. The molecule has 0 bridgehead atoms. The van der Waals surface area contributed by atoms with E-state index in [9.17, 15) is 14.3 Å². The van der Waals surface area contributed by atoms with Crippen molar-refractivity contribution in [3.63, 3.8) is 0 Å². The number of carbonyl (C=O) groups is 1. The third-order valence-corrected chi connectivity index (χ3v) is 4.08. The second-order valence-corrected chi connectivity index (χ2v) is 7.44. The van der Waals surface area contributed by atoms with Crippen molar-refractivity contribution in [2.24, 2.45) is 0 Å². The molecule has 10 nitrogen and oxygen atoms in total. The van der Waals surface area contributed by atoms with E-state index in [-0.39, 0.29) is 24.3 Å². The quantitative estimate of drug-likeness (QED) is 0.824. The van der Waals surface area contributed by atoms with Gasteiger partial charge in [-0.15, -0.1) is 5.10 Å². The van der Waals surface area contributed by atoms with E-state index in [4.69, 9.17) is 4.74 Å². The van der Waals surface area contributed by atoms with Gasteiger partial charge in [0.05, 0.1) is 6.20 Å². The Morgan fingerprint density at radius 2 is 1.93 bits per heavy atom. The zero-order valence-corrected chi connectivity index (χ0v) is 16.4. The molecule has 0 spiro atoms. The van der Waals surface area contributed by atoms with Gasteiger partial charge in [0.2, 0.25) is 5.95 Å². The van der Waals surface area contributed by atoms with Crippen LogP contribution in [-0.4, -0.2) is 72.6 Å². The van der Waals surface area contributed by atoms with Gasteiger partial charge in [-0.1, -0.05) is 0 Å². The molecule has 1 aliphatic rings. The first kappa shape index (κ1) is 19.9. The minimum atomic E-state index is -0.645. The van der Waals surface area contributed by atoms with Crippen molar-refractivity contribution >= 4 is 12.0 Å². The summed E-state index contributed by atoms with van der Waals surface area (Å²) in [5.74, 6) is 0.240. The van der Waals surface area contributed by atoms with Crippen molar-refractivity contribution in [1.82, 2.24) is 29.6 Å². The fourth-order valence-electron chi connectivity index (χ4n) is 2.78. The van der Waals surface area contributed by atoms with E-state index < -0.39 is 11.4 Å². The summed E-state index contributed by atoms with van der Waals surface area (Å²) >= 11 is 0. The molecular weight excluding hydrogens is 369 g/mol. The predicted molar refractivity (Wildman–Crippen MR) is 97.6 cm³/mol. The number of hydrogen-bond acceptors (Lipinski definition) is 8. The Bertz CT molecular complexity index is 857. The Labute approximate surface area is 162 Å². The molecule has 11 heteroatoms. The van der Waals surface area contributed by atoms with Gasteiger partial charge in [0.25, 0.3) is 0 Å². The monoisotopic (exact) mass is 393 g/mol. The molecule has 28 heavy (non-hydrogen) atoms. The number of ether oxygens (including phenoxy) is 1. The van der Waals surface area contributed by atoms with Crippen LogP contribution in [0.3, 0.4) is 0 Å². The van der Waals surface area contributed by atoms with Crippen LogP contribution in [0.5, 0.6) is 0 Å². The third kappa shape index (κ3) is 4.35.